The van der Waals surface area contributed by atoms with Gasteiger partial charge in [-0.1, -0.05) is 17.3 Å². The molecule has 0 aliphatic carbocycles. The van der Waals surface area contributed by atoms with Crippen LogP contribution >= 0.6 is 12.4 Å². The van der Waals surface area contributed by atoms with Gasteiger partial charge >= 0.3 is 0 Å². The highest BCUT2D eigenvalue weighted by atomic mass is 35.5. The molecule has 0 aliphatic rings. The quantitative estimate of drug-likeness (QED) is 0.794. The summed E-state index contributed by atoms with van der Waals surface area (Å²) in [5.41, 5.74) is 7.45. The van der Waals surface area contributed by atoms with Crippen molar-refractivity contribution in [3.05, 3.63) is 41.5 Å². The zero-order chi connectivity index (χ0) is 9.97. The van der Waals surface area contributed by atoms with Crippen molar-refractivity contribution in [3.63, 3.8) is 0 Å². The molecule has 0 amide bonds. The molecule has 1 heterocycles. The Balaban J connectivity index is 0.00000112. The molecule has 1 aromatic heterocycles. The minimum Gasteiger partial charge on any atom is -0.399 e. The van der Waals surface area contributed by atoms with Crippen molar-refractivity contribution in [2.45, 2.75) is 13.3 Å². The van der Waals surface area contributed by atoms with Gasteiger partial charge in [-0.25, -0.2) is 0 Å². The van der Waals surface area contributed by atoms with Crippen LogP contribution < -0.4 is 5.73 Å². The van der Waals surface area contributed by atoms with Gasteiger partial charge in [0.1, 0.15) is 0 Å². The summed E-state index contributed by atoms with van der Waals surface area (Å²) in [6.07, 6.45) is 0.654. The van der Waals surface area contributed by atoms with Gasteiger partial charge in [-0.2, -0.15) is 4.98 Å². The number of anilines is 1. The van der Waals surface area contributed by atoms with Gasteiger partial charge in [-0.05, 0) is 24.6 Å². The molecule has 4 nitrogen and oxygen atoms in total. The van der Waals surface area contributed by atoms with Gasteiger partial charge in [-0.15, -0.1) is 12.4 Å². The zero-order valence-electron chi connectivity index (χ0n) is 8.30. The van der Waals surface area contributed by atoms with Crippen LogP contribution in [-0.4, -0.2) is 10.1 Å². The van der Waals surface area contributed by atoms with Crippen LogP contribution in [0.25, 0.3) is 0 Å². The molecule has 0 saturated heterocycles. The highest BCUT2D eigenvalue weighted by Gasteiger charge is 2.03. The molecule has 0 atom stereocenters. The molecule has 5 heteroatoms. The highest BCUT2D eigenvalue weighted by molar-refractivity contribution is 5.85. The molecule has 2 N–H and O–H groups in total. The molecular formula is C10H12ClN3O. The maximum Gasteiger partial charge on any atom is 0.231 e. The van der Waals surface area contributed by atoms with Gasteiger partial charge in [0.05, 0.1) is 6.42 Å². The van der Waals surface area contributed by atoms with Gasteiger partial charge < -0.3 is 10.3 Å². The molecule has 0 spiro atoms. The third-order valence-corrected chi connectivity index (χ3v) is 1.90. The Morgan fingerprint density at radius 2 is 1.93 bits per heavy atom. The average Bonchev–Trinajstić information content (AvgIpc) is 2.56. The summed E-state index contributed by atoms with van der Waals surface area (Å²) in [7, 11) is 0. The molecule has 0 bridgehead atoms. The van der Waals surface area contributed by atoms with Crippen LogP contribution in [0.4, 0.5) is 5.69 Å². The van der Waals surface area contributed by atoms with Crippen molar-refractivity contribution in [2.24, 2.45) is 0 Å². The van der Waals surface area contributed by atoms with Crippen molar-refractivity contribution in [3.8, 4) is 0 Å². The van der Waals surface area contributed by atoms with E-state index in [-0.39, 0.29) is 12.4 Å². The van der Waals surface area contributed by atoms with E-state index in [4.69, 9.17) is 10.3 Å². The van der Waals surface area contributed by atoms with E-state index in [1.807, 2.05) is 24.3 Å². The molecule has 0 fully saturated rings. The lowest BCUT2D eigenvalue weighted by molar-refractivity contribution is 0.381. The van der Waals surface area contributed by atoms with Gasteiger partial charge in [0.25, 0.3) is 0 Å². The van der Waals surface area contributed by atoms with Crippen molar-refractivity contribution < 1.29 is 4.52 Å². The third kappa shape index (κ3) is 2.95. The number of hydrogen-bond acceptors (Lipinski definition) is 4. The molecule has 0 saturated carbocycles. The van der Waals surface area contributed by atoms with Crippen LogP contribution in [0, 0.1) is 6.92 Å². The summed E-state index contributed by atoms with van der Waals surface area (Å²) >= 11 is 0. The molecule has 0 radical (unpaired) electrons. The second kappa shape index (κ2) is 4.79. The largest absolute Gasteiger partial charge is 0.399 e. The van der Waals surface area contributed by atoms with E-state index in [0.29, 0.717) is 18.1 Å². The normalized spacial score (nSPS) is 9.67. The van der Waals surface area contributed by atoms with Gasteiger partial charge in [0.2, 0.25) is 5.89 Å². The average molecular weight is 226 g/mol. The fourth-order valence-corrected chi connectivity index (χ4v) is 1.22. The number of benzene rings is 1. The molecule has 0 unspecified atom stereocenters. The molecule has 80 valence electrons. The Morgan fingerprint density at radius 3 is 2.47 bits per heavy atom. The van der Waals surface area contributed by atoms with E-state index >= 15 is 0 Å². The summed E-state index contributed by atoms with van der Waals surface area (Å²) in [6, 6.07) is 7.63. The molecule has 1 aromatic carbocycles. The van der Waals surface area contributed by atoms with Gasteiger partial charge in [-0.3, -0.25) is 0 Å². The van der Waals surface area contributed by atoms with Crippen molar-refractivity contribution in [1.82, 2.24) is 10.1 Å². The van der Waals surface area contributed by atoms with Gasteiger partial charge in [0.15, 0.2) is 5.82 Å². The molecule has 15 heavy (non-hydrogen) atoms. The summed E-state index contributed by atoms with van der Waals surface area (Å²) in [5.74, 6) is 1.29. The van der Waals surface area contributed by atoms with E-state index < -0.39 is 0 Å². The lowest BCUT2D eigenvalue weighted by Crippen LogP contribution is -1.90. The lowest BCUT2D eigenvalue weighted by Gasteiger charge is -1.96. The van der Waals surface area contributed by atoms with Crippen LogP contribution in [-0.2, 0) is 6.42 Å². The Morgan fingerprint density at radius 1 is 1.27 bits per heavy atom. The Labute approximate surface area is 93.9 Å². The van der Waals surface area contributed by atoms with E-state index in [9.17, 15) is 0 Å². The summed E-state index contributed by atoms with van der Waals surface area (Å²) in [6.45, 7) is 1.80. The summed E-state index contributed by atoms with van der Waals surface area (Å²) in [5, 5.41) is 3.72. The first kappa shape index (κ1) is 11.5. The van der Waals surface area contributed by atoms with Gasteiger partial charge in [0, 0.05) is 5.69 Å². The molecule has 2 rings (SSSR count). The van der Waals surface area contributed by atoms with Crippen LogP contribution in [0.1, 0.15) is 17.3 Å². The minimum atomic E-state index is 0. The summed E-state index contributed by atoms with van der Waals surface area (Å²) in [4.78, 5) is 4.12. The smallest absolute Gasteiger partial charge is 0.231 e. The number of halogens is 1. The Hall–Kier alpha value is -1.55. The van der Waals surface area contributed by atoms with E-state index in [1.165, 1.54) is 0 Å². The van der Waals surface area contributed by atoms with E-state index in [2.05, 4.69) is 10.1 Å². The second-order valence-corrected chi connectivity index (χ2v) is 3.15. The number of hydrogen-bond donors (Lipinski definition) is 1. The lowest BCUT2D eigenvalue weighted by atomic mass is 10.1. The molecule has 0 aliphatic heterocycles. The third-order valence-electron chi connectivity index (χ3n) is 1.90. The highest BCUT2D eigenvalue weighted by Crippen LogP contribution is 2.09. The fourth-order valence-electron chi connectivity index (χ4n) is 1.22. The topological polar surface area (TPSA) is 64.9 Å². The second-order valence-electron chi connectivity index (χ2n) is 3.15. The van der Waals surface area contributed by atoms with Crippen LogP contribution in [0.3, 0.4) is 0 Å². The molecular weight excluding hydrogens is 214 g/mol. The number of aromatic nitrogens is 2. The predicted molar refractivity (Wildman–Crippen MR) is 59.9 cm³/mol. The van der Waals surface area contributed by atoms with E-state index in [1.54, 1.807) is 6.92 Å². The minimum absolute atomic E-state index is 0. The number of rotatable bonds is 2. The monoisotopic (exact) mass is 225 g/mol. The van der Waals surface area contributed by atoms with Crippen LogP contribution in [0.5, 0.6) is 0 Å². The Kier molecular flexibility index (Phi) is 3.68. The van der Waals surface area contributed by atoms with Crippen molar-refractivity contribution in [1.29, 1.82) is 0 Å². The predicted octanol–water partition coefficient (Wildman–Crippen LogP) is 1.97. The van der Waals surface area contributed by atoms with E-state index in [0.717, 1.165) is 11.3 Å². The van der Waals surface area contributed by atoms with Crippen molar-refractivity contribution in [2.75, 3.05) is 5.73 Å². The maximum absolute atomic E-state index is 5.57. The number of nitrogens with zero attached hydrogens (tertiary/aromatic N) is 2. The standard InChI is InChI=1S/C10H11N3O.ClH/c1-7-12-10(14-13-7)6-8-2-4-9(11)5-3-8;/h2-5H,6,11H2,1H3;1H. The number of aryl methyl sites for hydroxylation is 1. The first-order chi connectivity index (χ1) is 6.74. The first-order valence-electron chi connectivity index (χ1n) is 4.37. The SMILES string of the molecule is Cc1noc(Cc2ccc(N)cc2)n1.Cl. The fraction of sp³-hybridized carbons (Fsp3) is 0.200. The Bertz CT molecular complexity index is 424. The maximum atomic E-state index is 5.57. The number of nitrogen functional groups attached to an aromatic ring is 1. The van der Waals surface area contributed by atoms with Crippen molar-refractivity contribution >= 4 is 18.1 Å². The first-order valence-corrected chi connectivity index (χ1v) is 4.37. The number of nitrogens with two attached hydrogens (primary N) is 1. The summed E-state index contributed by atoms with van der Waals surface area (Å²) < 4.78 is 5.01. The molecule has 2 aromatic rings. The van der Waals surface area contributed by atoms with Crippen LogP contribution in [0.15, 0.2) is 28.8 Å². The zero-order valence-corrected chi connectivity index (χ0v) is 9.12. The van der Waals surface area contributed by atoms with Crippen LogP contribution in [0.2, 0.25) is 0 Å².